The van der Waals surface area contributed by atoms with Gasteiger partial charge in [-0.25, -0.2) is 8.78 Å². The summed E-state index contributed by atoms with van der Waals surface area (Å²) in [7, 11) is 0. The lowest BCUT2D eigenvalue weighted by atomic mass is 10.1. The Labute approximate surface area is 58.9 Å². The van der Waals surface area contributed by atoms with Gasteiger partial charge in [0, 0.05) is 6.04 Å². The van der Waals surface area contributed by atoms with Gasteiger partial charge in [0.25, 0.3) is 0 Å². The molecule has 0 aliphatic carbocycles. The van der Waals surface area contributed by atoms with Gasteiger partial charge in [-0.2, -0.15) is 0 Å². The highest BCUT2D eigenvalue weighted by Crippen LogP contribution is 2.05. The van der Waals surface area contributed by atoms with Gasteiger partial charge in [-0.3, -0.25) is 5.73 Å². The van der Waals surface area contributed by atoms with Gasteiger partial charge in [-0.15, -0.1) is 0 Å². The average molecular weight is 150 g/mol. The Kier molecular flexibility index (Phi) is 4.14. The maximum absolute atomic E-state index is 12.1. The summed E-state index contributed by atoms with van der Waals surface area (Å²) >= 11 is 0. The van der Waals surface area contributed by atoms with Crippen LogP contribution in [0.1, 0.15) is 6.42 Å². The van der Waals surface area contributed by atoms with E-state index in [9.17, 15) is 8.78 Å². The van der Waals surface area contributed by atoms with Crippen molar-refractivity contribution in [1.82, 2.24) is 0 Å². The minimum absolute atomic E-state index is 0.105. The molecule has 4 heteroatoms. The molecule has 10 heavy (non-hydrogen) atoms. The second kappa shape index (κ2) is 4.35. The molecule has 2 atom stereocenters. The number of hydrogen-bond donors (Lipinski definition) is 2. The molecule has 0 radical (unpaired) electrons. The fourth-order valence-electron chi connectivity index (χ4n) is 0.504. The molecular weight excluding hydrogens is 138 g/mol. The van der Waals surface area contributed by atoms with E-state index in [1.807, 2.05) is 0 Å². The molecule has 0 rings (SSSR count). The first kappa shape index (κ1) is 9.52. The van der Waals surface area contributed by atoms with Crippen molar-refractivity contribution in [3.05, 3.63) is 12.2 Å². The van der Waals surface area contributed by atoms with E-state index in [0.717, 1.165) is 0 Å². The highest BCUT2D eigenvalue weighted by atomic mass is 19.1. The molecular formula is C6H12F2N2. The quantitative estimate of drug-likeness (QED) is 0.452. The zero-order chi connectivity index (χ0) is 8.15. The summed E-state index contributed by atoms with van der Waals surface area (Å²) in [6.07, 6.45) is -1.48. The van der Waals surface area contributed by atoms with Gasteiger partial charge >= 0.3 is 0 Å². The van der Waals surface area contributed by atoms with Gasteiger partial charge < -0.3 is 5.73 Å². The van der Waals surface area contributed by atoms with Crippen LogP contribution in [0.25, 0.3) is 0 Å². The minimum Gasteiger partial charge on any atom is -0.325 e. The van der Waals surface area contributed by atoms with Crippen LogP contribution in [0.5, 0.6) is 0 Å². The molecule has 0 aromatic heterocycles. The molecule has 60 valence electrons. The third kappa shape index (κ3) is 3.53. The van der Waals surface area contributed by atoms with Gasteiger partial charge in [0.15, 0.2) is 6.30 Å². The Hall–Kier alpha value is -0.480. The largest absolute Gasteiger partial charge is 0.325 e. The zero-order valence-electron chi connectivity index (χ0n) is 5.69. The van der Waals surface area contributed by atoms with Crippen LogP contribution in [0.2, 0.25) is 0 Å². The van der Waals surface area contributed by atoms with E-state index in [-0.39, 0.29) is 12.0 Å². The molecule has 0 bridgehead atoms. The summed E-state index contributed by atoms with van der Waals surface area (Å²) in [5.41, 5.74) is 10.1. The molecule has 0 aliphatic heterocycles. The Morgan fingerprint density at radius 2 is 2.00 bits per heavy atom. The summed E-state index contributed by atoms with van der Waals surface area (Å²) in [5.74, 6) is 0. The topological polar surface area (TPSA) is 52.0 Å². The van der Waals surface area contributed by atoms with Crippen LogP contribution in [-0.2, 0) is 0 Å². The lowest BCUT2D eigenvalue weighted by molar-refractivity contribution is 0.364. The predicted molar refractivity (Wildman–Crippen MR) is 36.8 cm³/mol. The highest BCUT2D eigenvalue weighted by molar-refractivity contribution is 5.01. The fourth-order valence-corrected chi connectivity index (χ4v) is 0.504. The van der Waals surface area contributed by atoms with Crippen LogP contribution >= 0.6 is 0 Å². The first-order chi connectivity index (χ1) is 4.57. The van der Waals surface area contributed by atoms with Crippen molar-refractivity contribution in [1.29, 1.82) is 0 Å². The van der Waals surface area contributed by atoms with Crippen molar-refractivity contribution in [3.63, 3.8) is 0 Å². The maximum Gasteiger partial charge on any atom is 0.170 e. The van der Waals surface area contributed by atoms with E-state index in [2.05, 4.69) is 6.58 Å². The molecule has 0 aromatic carbocycles. The molecule has 0 fully saturated rings. The first-order valence-electron chi connectivity index (χ1n) is 2.96. The van der Waals surface area contributed by atoms with Crippen molar-refractivity contribution < 1.29 is 8.78 Å². The molecule has 0 spiro atoms. The van der Waals surface area contributed by atoms with Crippen LogP contribution in [0.4, 0.5) is 8.78 Å². The van der Waals surface area contributed by atoms with E-state index >= 15 is 0 Å². The molecule has 2 nitrogen and oxygen atoms in total. The number of hydrogen-bond acceptors (Lipinski definition) is 2. The summed E-state index contributed by atoms with van der Waals surface area (Å²) in [6.45, 7) is 2.62. The standard InChI is InChI=1S/C6H12F2N2/c1-4(6(8)10)2-5(9)3-7/h5-6H,1-3,9-10H2. The van der Waals surface area contributed by atoms with E-state index < -0.39 is 19.0 Å². The van der Waals surface area contributed by atoms with Crippen molar-refractivity contribution in [3.8, 4) is 0 Å². The number of nitrogens with two attached hydrogens (primary N) is 2. The normalized spacial score (nSPS) is 16.4. The molecule has 0 saturated heterocycles. The van der Waals surface area contributed by atoms with E-state index in [4.69, 9.17) is 11.5 Å². The summed E-state index contributed by atoms with van der Waals surface area (Å²) in [5, 5.41) is 0. The van der Waals surface area contributed by atoms with Crippen molar-refractivity contribution in [2.75, 3.05) is 6.67 Å². The second-order valence-electron chi connectivity index (χ2n) is 2.18. The van der Waals surface area contributed by atoms with Gasteiger partial charge in [-0.1, -0.05) is 6.58 Å². The summed E-state index contributed by atoms with van der Waals surface area (Å²) in [4.78, 5) is 0. The lowest BCUT2D eigenvalue weighted by Crippen LogP contribution is -2.27. The predicted octanol–water partition coefficient (Wildman–Crippen LogP) is 0.484. The van der Waals surface area contributed by atoms with Crippen molar-refractivity contribution in [2.24, 2.45) is 11.5 Å². The average Bonchev–Trinajstić information content (AvgIpc) is 1.87. The minimum atomic E-state index is -1.59. The van der Waals surface area contributed by atoms with Crippen LogP contribution in [0.15, 0.2) is 12.2 Å². The number of rotatable bonds is 4. The Morgan fingerprint density at radius 1 is 1.50 bits per heavy atom. The third-order valence-corrected chi connectivity index (χ3v) is 1.11. The van der Waals surface area contributed by atoms with Crippen molar-refractivity contribution in [2.45, 2.75) is 18.8 Å². The summed E-state index contributed by atoms with van der Waals surface area (Å²) < 4.78 is 23.8. The number of halogens is 2. The van der Waals surface area contributed by atoms with Gasteiger partial charge in [0.2, 0.25) is 0 Å². The van der Waals surface area contributed by atoms with Gasteiger partial charge in [0.05, 0.1) is 0 Å². The van der Waals surface area contributed by atoms with Crippen LogP contribution in [0.3, 0.4) is 0 Å². The van der Waals surface area contributed by atoms with Crippen molar-refractivity contribution >= 4 is 0 Å². The molecule has 0 aliphatic rings. The smallest absolute Gasteiger partial charge is 0.170 e. The molecule has 4 N–H and O–H groups in total. The van der Waals surface area contributed by atoms with E-state index in [0.29, 0.717) is 0 Å². The molecule has 2 unspecified atom stereocenters. The van der Waals surface area contributed by atoms with E-state index in [1.165, 1.54) is 0 Å². The molecule has 0 heterocycles. The monoisotopic (exact) mass is 150 g/mol. The Morgan fingerprint density at radius 3 is 2.30 bits per heavy atom. The van der Waals surface area contributed by atoms with Crippen LogP contribution in [-0.4, -0.2) is 19.0 Å². The van der Waals surface area contributed by atoms with Crippen LogP contribution < -0.4 is 11.5 Å². The summed E-state index contributed by atoms with van der Waals surface area (Å²) in [6, 6.07) is -0.672. The zero-order valence-corrected chi connectivity index (χ0v) is 5.69. The SMILES string of the molecule is C=C(CC(N)CF)C(N)F. The first-order valence-corrected chi connectivity index (χ1v) is 2.96. The second-order valence-corrected chi connectivity index (χ2v) is 2.18. The van der Waals surface area contributed by atoms with Gasteiger partial charge in [-0.05, 0) is 12.0 Å². The van der Waals surface area contributed by atoms with Crippen LogP contribution in [0, 0.1) is 0 Å². The lowest BCUT2D eigenvalue weighted by Gasteiger charge is -2.09. The number of alkyl halides is 2. The van der Waals surface area contributed by atoms with Gasteiger partial charge in [0.1, 0.15) is 6.67 Å². The Bertz CT molecular complexity index is 114. The maximum atomic E-state index is 12.1. The third-order valence-electron chi connectivity index (χ3n) is 1.11. The van der Waals surface area contributed by atoms with E-state index in [1.54, 1.807) is 0 Å². The highest BCUT2D eigenvalue weighted by Gasteiger charge is 2.09. The fraction of sp³-hybridized carbons (Fsp3) is 0.667. The molecule has 0 saturated carbocycles. The molecule has 0 amide bonds. The molecule has 0 aromatic rings. The Balaban J connectivity index is 3.57.